The molecule has 1 heterocycles. The van der Waals surface area contributed by atoms with Gasteiger partial charge >= 0.3 is 0 Å². The van der Waals surface area contributed by atoms with Gasteiger partial charge in [-0.1, -0.05) is 178 Å². The van der Waals surface area contributed by atoms with Crippen molar-refractivity contribution in [3.8, 4) is 33.4 Å². The number of nitrogens with zero attached hydrogens (tertiary/aromatic N) is 1. The Morgan fingerprint density at radius 1 is 0.350 bits per heavy atom. The van der Waals surface area contributed by atoms with Gasteiger partial charge in [-0.05, 0) is 109 Å². The van der Waals surface area contributed by atoms with E-state index in [0.717, 1.165) is 39.0 Å². The van der Waals surface area contributed by atoms with Crippen molar-refractivity contribution in [1.82, 2.24) is 0 Å². The molecule has 0 radical (unpaired) electrons. The van der Waals surface area contributed by atoms with Crippen LogP contribution in [0.1, 0.15) is 47.2 Å². The number of hydrogen-bond donors (Lipinski definition) is 0. The van der Waals surface area contributed by atoms with Crippen LogP contribution in [0.2, 0.25) is 0 Å². The summed E-state index contributed by atoms with van der Waals surface area (Å²) in [5, 5.41) is 2.25. The minimum Gasteiger partial charge on any atom is -0.456 e. The molecular weight excluding hydrogens is 727 g/mol. The van der Waals surface area contributed by atoms with Crippen molar-refractivity contribution < 1.29 is 4.42 Å². The predicted octanol–water partition coefficient (Wildman–Crippen LogP) is 15.4. The lowest BCUT2D eigenvalue weighted by Gasteiger charge is -2.47. The summed E-state index contributed by atoms with van der Waals surface area (Å²) in [6.07, 6.45) is 0. The number of hydrogen-bond acceptors (Lipinski definition) is 2. The highest BCUT2D eigenvalue weighted by Crippen LogP contribution is 2.63. The lowest BCUT2D eigenvalue weighted by Crippen LogP contribution is -2.40. The smallest absolute Gasteiger partial charge is 0.137 e. The lowest BCUT2D eigenvalue weighted by atomic mass is 9.55. The molecule has 1 aromatic heterocycles. The maximum Gasteiger partial charge on any atom is 0.137 e. The Morgan fingerprint density at radius 2 is 0.900 bits per heavy atom. The molecule has 9 aromatic carbocycles. The van der Waals surface area contributed by atoms with Crippen molar-refractivity contribution in [1.29, 1.82) is 0 Å². The zero-order valence-corrected chi connectivity index (χ0v) is 33.6. The third-order valence-corrected chi connectivity index (χ3v) is 13.3. The van der Waals surface area contributed by atoms with Crippen LogP contribution < -0.4 is 4.90 Å². The van der Waals surface area contributed by atoms with Crippen molar-refractivity contribution in [2.75, 3.05) is 4.90 Å². The molecule has 284 valence electrons. The van der Waals surface area contributed by atoms with Gasteiger partial charge in [0.05, 0.1) is 5.41 Å². The Morgan fingerprint density at radius 3 is 1.70 bits per heavy atom. The average molecular weight is 768 g/mol. The van der Waals surface area contributed by atoms with Crippen LogP contribution >= 0.6 is 0 Å². The van der Waals surface area contributed by atoms with E-state index >= 15 is 0 Å². The van der Waals surface area contributed by atoms with E-state index < -0.39 is 5.41 Å². The van der Waals surface area contributed by atoms with Gasteiger partial charge < -0.3 is 9.32 Å². The fraction of sp³-hybridized carbons (Fsp3) is 0.0690. The highest BCUT2D eigenvalue weighted by molar-refractivity contribution is 6.06. The van der Waals surface area contributed by atoms with Crippen LogP contribution in [0, 0.1) is 0 Å². The molecule has 2 aliphatic carbocycles. The highest BCUT2D eigenvalue weighted by Gasteiger charge is 2.53. The molecule has 12 rings (SSSR count). The molecule has 1 atom stereocenters. The summed E-state index contributed by atoms with van der Waals surface area (Å²) in [6.45, 7) is 4.81. The van der Waals surface area contributed by atoms with E-state index in [4.69, 9.17) is 4.42 Å². The summed E-state index contributed by atoms with van der Waals surface area (Å²) in [7, 11) is 0. The van der Waals surface area contributed by atoms with E-state index in [2.05, 4.69) is 225 Å². The monoisotopic (exact) mass is 767 g/mol. The third kappa shape index (κ3) is 4.88. The fourth-order valence-corrected chi connectivity index (χ4v) is 10.7. The Kier molecular flexibility index (Phi) is 7.52. The Labute approximate surface area is 350 Å². The van der Waals surface area contributed by atoms with E-state index in [-0.39, 0.29) is 5.41 Å². The first-order valence-corrected chi connectivity index (χ1v) is 20.9. The molecule has 2 heteroatoms. The second-order valence-corrected chi connectivity index (χ2v) is 16.8. The number of furan rings is 1. The first kappa shape index (κ1) is 34.6. The quantitative estimate of drug-likeness (QED) is 0.173. The topological polar surface area (TPSA) is 16.4 Å². The molecule has 0 bridgehead atoms. The highest BCUT2D eigenvalue weighted by atomic mass is 16.3. The van der Waals surface area contributed by atoms with Crippen LogP contribution in [-0.2, 0) is 10.8 Å². The molecule has 1 spiro atoms. The molecule has 10 aromatic rings. The van der Waals surface area contributed by atoms with E-state index in [0.29, 0.717) is 0 Å². The second kappa shape index (κ2) is 13.0. The van der Waals surface area contributed by atoms with Crippen LogP contribution in [-0.4, -0.2) is 0 Å². The van der Waals surface area contributed by atoms with Crippen molar-refractivity contribution >= 4 is 39.0 Å². The van der Waals surface area contributed by atoms with Gasteiger partial charge in [0.1, 0.15) is 11.2 Å². The summed E-state index contributed by atoms with van der Waals surface area (Å²) in [4.78, 5) is 2.40. The van der Waals surface area contributed by atoms with Gasteiger partial charge in [0.25, 0.3) is 0 Å². The van der Waals surface area contributed by atoms with Crippen LogP contribution in [0.15, 0.2) is 217 Å². The molecule has 0 amide bonds. The van der Waals surface area contributed by atoms with Crippen molar-refractivity contribution in [3.63, 3.8) is 0 Å². The van der Waals surface area contributed by atoms with Crippen LogP contribution in [0.3, 0.4) is 0 Å². The minimum atomic E-state index is -0.508. The molecule has 0 N–H and O–H groups in total. The van der Waals surface area contributed by atoms with Gasteiger partial charge in [-0.15, -0.1) is 0 Å². The van der Waals surface area contributed by atoms with Crippen LogP contribution in [0.5, 0.6) is 0 Å². The summed E-state index contributed by atoms with van der Waals surface area (Å²) in [5.74, 6) is 0. The molecule has 0 saturated carbocycles. The first-order valence-electron chi connectivity index (χ1n) is 20.9. The second-order valence-electron chi connectivity index (χ2n) is 16.8. The Bertz CT molecular complexity index is 3280. The molecule has 2 aliphatic rings. The van der Waals surface area contributed by atoms with Gasteiger partial charge in [0.2, 0.25) is 0 Å². The zero-order valence-electron chi connectivity index (χ0n) is 33.6. The van der Waals surface area contributed by atoms with E-state index in [1.807, 2.05) is 6.07 Å². The maximum atomic E-state index is 6.50. The van der Waals surface area contributed by atoms with E-state index in [9.17, 15) is 0 Å². The molecule has 0 saturated heterocycles. The number of anilines is 3. The summed E-state index contributed by atoms with van der Waals surface area (Å²) >= 11 is 0. The van der Waals surface area contributed by atoms with Gasteiger partial charge in [-0.2, -0.15) is 0 Å². The summed E-state index contributed by atoms with van der Waals surface area (Å²) < 4.78 is 6.50. The van der Waals surface area contributed by atoms with Crippen LogP contribution in [0.25, 0.3) is 55.3 Å². The van der Waals surface area contributed by atoms with Crippen molar-refractivity contribution in [2.24, 2.45) is 0 Å². The van der Waals surface area contributed by atoms with Gasteiger partial charge in [-0.3, -0.25) is 0 Å². The minimum absolute atomic E-state index is 0.298. The first-order chi connectivity index (χ1) is 29.5. The standard InChI is InChI=1S/C58H41NO/c1-57(2)49-24-12-13-25-50(49)58(48-23-11-9-21-47(48)56-44(22-15-26-52(56)58)40-18-7-4-8-19-40)51-35-33-42(36-53(51)57)59(41-30-28-39(29-31-41)38-16-5-3-6-17-38)43-32-34-46-45-20-10-14-27-54(45)60-55(46)37-43/h3-37H,1-2H3. The average Bonchev–Trinajstić information content (AvgIpc) is 3.83. The Hall–Kier alpha value is -7.42. The molecule has 1 unspecified atom stereocenters. The van der Waals surface area contributed by atoms with Crippen LogP contribution in [0.4, 0.5) is 17.1 Å². The van der Waals surface area contributed by atoms with Gasteiger partial charge in [-0.25, -0.2) is 0 Å². The third-order valence-electron chi connectivity index (χ3n) is 13.3. The molecule has 2 nitrogen and oxygen atoms in total. The zero-order chi connectivity index (χ0) is 40.0. The Balaban J connectivity index is 1.11. The molecule has 0 fully saturated rings. The predicted molar refractivity (Wildman–Crippen MR) is 249 cm³/mol. The lowest BCUT2D eigenvalue weighted by molar-refractivity contribution is 0.563. The molecule has 60 heavy (non-hydrogen) atoms. The number of fused-ring (bicyclic) bond motifs is 12. The normalized spacial score (nSPS) is 15.7. The van der Waals surface area contributed by atoms with Crippen molar-refractivity contribution in [3.05, 3.63) is 246 Å². The van der Waals surface area contributed by atoms with Gasteiger partial charge in [0.15, 0.2) is 0 Å². The van der Waals surface area contributed by atoms with Gasteiger partial charge in [0, 0.05) is 39.3 Å². The largest absolute Gasteiger partial charge is 0.456 e. The SMILES string of the molecule is CC1(C)c2ccccc2C2(c3ccccc3-c3c(-c4ccccc4)cccc32)c2ccc(N(c3ccc(-c4ccccc4)cc3)c3ccc4c(c3)oc3ccccc34)cc21. The molecular formula is C58H41NO. The number of rotatable bonds is 5. The summed E-state index contributed by atoms with van der Waals surface area (Å²) in [6, 6.07) is 78.0. The van der Waals surface area contributed by atoms with E-state index in [1.54, 1.807) is 0 Å². The number of benzene rings is 9. The van der Waals surface area contributed by atoms with Crippen molar-refractivity contribution in [2.45, 2.75) is 24.7 Å². The number of para-hydroxylation sites is 1. The molecule has 0 aliphatic heterocycles. The fourth-order valence-electron chi connectivity index (χ4n) is 10.7. The summed E-state index contributed by atoms with van der Waals surface area (Å²) in [5.41, 5.74) is 19.7. The maximum absolute atomic E-state index is 6.50. The van der Waals surface area contributed by atoms with E-state index in [1.165, 1.54) is 66.8 Å².